The summed E-state index contributed by atoms with van der Waals surface area (Å²) in [5.74, 6) is 0. The van der Waals surface area contributed by atoms with Crippen molar-refractivity contribution in [3.05, 3.63) is 11.6 Å². The summed E-state index contributed by atoms with van der Waals surface area (Å²) in [6.45, 7) is 3.48. The molecule has 0 rings (SSSR count). The normalized spacial score (nSPS) is 15.2. The molecule has 0 amide bonds. The van der Waals surface area contributed by atoms with Crippen LogP contribution >= 0.6 is 0 Å². The van der Waals surface area contributed by atoms with Gasteiger partial charge >= 0.3 is 0 Å². The lowest BCUT2D eigenvalue weighted by molar-refractivity contribution is -0.107. The van der Waals surface area contributed by atoms with Gasteiger partial charge in [0.25, 0.3) is 0 Å². The first-order chi connectivity index (χ1) is 4.18. The van der Waals surface area contributed by atoms with Crippen LogP contribution in [0, 0.1) is 0 Å². The van der Waals surface area contributed by atoms with Crippen LogP contribution in [0.25, 0.3) is 0 Å². The lowest BCUT2D eigenvalue weighted by atomic mass is 10.2. The summed E-state index contributed by atoms with van der Waals surface area (Å²) in [6.07, 6.45) is 2.50. The summed E-state index contributed by atoms with van der Waals surface area (Å²) < 4.78 is 0. The second-order valence-electron chi connectivity index (χ2n) is 2.03. The van der Waals surface area contributed by atoms with E-state index in [-0.39, 0.29) is 0 Å². The fourth-order valence-corrected chi connectivity index (χ4v) is 0.405. The molecule has 0 fully saturated rings. The predicted molar refractivity (Wildman–Crippen MR) is 36.1 cm³/mol. The fourth-order valence-electron chi connectivity index (χ4n) is 0.405. The van der Waals surface area contributed by atoms with Crippen LogP contribution < -0.4 is 0 Å². The van der Waals surface area contributed by atoms with Gasteiger partial charge in [-0.2, -0.15) is 0 Å². The highest BCUT2D eigenvalue weighted by atomic mass is 16.3. The molecule has 1 unspecified atom stereocenters. The number of hydrogen-bond donors (Lipinski definition) is 1. The van der Waals surface area contributed by atoms with E-state index in [1.54, 1.807) is 19.9 Å². The summed E-state index contributed by atoms with van der Waals surface area (Å²) in [4.78, 5) is 9.81. The Labute approximate surface area is 55.2 Å². The monoisotopic (exact) mass is 128 g/mol. The van der Waals surface area contributed by atoms with Crippen molar-refractivity contribution in [3.8, 4) is 0 Å². The number of rotatable bonds is 3. The molecule has 0 bridgehead atoms. The van der Waals surface area contributed by atoms with Crippen molar-refractivity contribution in [2.24, 2.45) is 0 Å². The van der Waals surface area contributed by atoms with Crippen LogP contribution in [0.5, 0.6) is 0 Å². The Morgan fingerprint density at radius 2 is 2.33 bits per heavy atom. The molecule has 0 radical (unpaired) electrons. The minimum absolute atomic E-state index is 0.400. The molecule has 1 atom stereocenters. The van der Waals surface area contributed by atoms with Gasteiger partial charge in [0.2, 0.25) is 0 Å². The molecule has 0 aliphatic heterocycles. The summed E-state index contributed by atoms with van der Waals surface area (Å²) in [5, 5.41) is 8.86. The van der Waals surface area contributed by atoms with Crippen LogP contribution in [0.3, 0.4) is 0 Å². The Hall–Kier alpha value is -0.630. The van der Waals surface area contributed by atoms with E-state index < -0.39 is 6.10 Å². The van der Waals surface area contributed by atoms with E-state index in [4.69, 9.17) is 5.11 Å². The van der Waals surface area contributed by atoms with Crippen molar-refractivity contribution in [2.45, 2.75) is 26.4 Å². The fraction of sp³-hybridized carbons (Fsp3) is 0.571. The maximum atomic E-state index is 9.81. The highest BCUT2D eigenvalue weighted by Gasteiger charge is 1.94. The van der Waals surface area contributed by atoms with Gasteiger partial charge in [-0.05, 0) is 19.4 Å². The molecule has 0 aromatic carbocycles. The lowest BCUT2D eigenvalue weighted by Gasteiger charge is -2.01. The zero-order valence-corrected chi connectivity index (χ0v) is 5.79. The van der Waals surface area contributed by atoms with Crippen molar-refractivity contribution < 1.29 is 9.90 Å². The maximum absolute atomic E-state index is 9.81. The third-order valence-corrected chi connectivity index (χ3v) is 1.20. The second kappa shape index (κ2) is 4.27. The molecule has 0 aromatic rings. The molecule has 0 aliphatic rings. The highest BCUT2D eigenvalue weighted by molar-refractivity contribution is 5.52. The minimum Gasteiger partial charge on any atom is -0.389 e. The molecule has 0 saturated carbocycles. The smallest absolute Gasteiger partial charge is 0.123 e. The van der Waals surface area contributed by atoms with E-state index in [1.807, 2.05) is 0 Å². The topological polar surface area (TPSA) is 37.3 Å². The molecule has 0 heterocycles. The van der Waals surface area contributed by atoms with Crippen molar-refractivity contribution >= 4 is 6.29 Å². The molecule has 9 heavy (non-hydrogen) atoms. The molecular formula is C7H12O2. The van der Waals surface area contributed by atoms with Gasteiger partial charge in [0, 0.05) is 6.42 Å². The van der Waals surface area contributed by atoms with Crippen LogP contribution in [0.4, 0.5) is 0 Å². The maximum Gasteiger partial charge on any atom is 0.123 e. The number of aldehydes is 1. The lowest BCUT2D eigenvalue weighted by Crippen LogP contribution is -2.00. The zero-order valence-electron chi connectivity index (χ0n) is 5.79. The van der Waals surface area contributed by atoms with Gasteiger partial charge in [-0.25, -0.2) is 0 Å². The highest BCUT2D eigenvalue weighted by Crippen LogP contribution is 1.99. The van der Waals surface area contributed by atoms with Crippen molar-refractivity contribution in [3.63, 3.8) is 0 Å². The largest absolute Gasteiger partial charge is 0.389 e. The van der Waals surface area contributed by atoms with Crippen LogP contribution in [0.2, 0.25) is 0 Å². The molecule has 0 aliphatic carbocycles. The van der Waals surface area contributed by atoms with E-state index in [0.717, 1.165) is 11.9 Å². The molecule has 0 saturated heterocycles. The van der Waals surface area contributed by atoms with Gasteiger partial charge in [0.15, 0.2) is 0 Å². The number of aliphatic hydroxyl groups excluding tert-OH is 1. The molecule has 2 heteroatoms. The summed E-state index contributed by atoms with van der Waals surface area (Å²) >= 11 is 0. The standard InChI is InChI=1S/C7H12O2/c1-6(7(2)9)4-3-5-8/h4-5,7,9H,3H2,1-2H3/b6-4+. The number of carbonyl (C=O) groups is 1. The van der Waals surface area contributed by atoms with Gasteiger partial charge in [0.1, 0.15) is 6.29 Å². The van der Waals surface area contributed by atoms with E-state index in [2.05, 4.69) is 0 Å². The van der Waals surface area contributed by atoms with E-state index in [0.29, 0.717) is 6.42 Å². The first-order valence-corrected chi connectivity index (χ1v) is 2.97. The summed E-state index contributed by atoms with van der Waals surface area (Å²) in [7, 11) is 0. The van der Waals surface area contributed by atoms with Gasteiger partial charge in [-0.3, -0.25) is 0 Å². The average molecular weight is 128 g/mol. The number of carbonyl (C=O) groups excluding carboxylic acids is 1. The quantitative estimate of drug-likeness (QED) is 0.453. The Bertz CT molecular complexity index is 114. The molecular weight excluding hydrogens is 116 g/mol. The van der Waals surface area contributed by atoms with Crippen molar-refractivity contribution in [2.75, 3.05) is 0 Å². The molecule has 52 valence electrons. The van der Waals surface area contributed by atoms with Gasteiger partial charge in [0.05, 0.1) is 6.10 Å². The van der Waals surface area contributed by atoms with E-state index in [9.17, 15) is 4.79 Å². The van der Waals surface area contributed by atoms with Crippen LogP contribution in [0.1, 0.15) is 20.3 Å². The van der Waals surface area contributed by atoms with Crippen molar-refractivity contribution in [1.29, 1.82) is 0 Å². The summed E-state index contributed by atoms with van der Waals surface area (Å²) in [5.41, 5.74) is 0.849. The molecule has 0 spiro atoms. The second-order valence-corrected chi connectivity index (χ2v) is 2.03. The summed E-state index contributed by atoms with van der Waals surface area (Å²) in [6, 6.07) is 0. The average Bonchev–Trinajstić information content (AvgIpc) is 1.82. The third kappa shape index (κ3) is 3.91. The van der Waals surface area contributed by atoms with Gasteiger partial charge in [-0.15, -0.1) is 0 Å². The number of allylic oxidation sites excluding steroid dienone is 1. The van der Waals surface area contributed by atoms with Gasteiger partial charge < -0.3 is 9.90 Å². The predicted octanol–water partition coefficient (Wildman–Crippen LogP) is 0.903. The van der Waals surface area contributed by atoms with Crippen LogP contribution in [0.15, 0.2) is 11.6 Å². The zero-order chi connectivity index (χ0) is 7.28. The van der Waals surface area contributed by atoms with E-state index >= 15 is 0 Å². The van der Waals surface area contributed by atoms with Crippen LogP contribution in [-0.4, -0.2) is 17.5 Å². The Morgan fingerprint density at radius 1 is 1.78 bits per heavy atom. The molecule has 1 N–H and O–H groups in total. The first kappa shape index (κ1) is 8.37. The Balaban J connectivity index is 3.68. The van der Waals surface area contributed by atoms with Crippen molar-refractivity contribution in [1.82, 2.24) is 0 Å². The van der Waals surface area contributed by atoms with Crippen LogP contribution in [-0.2, 0) is 4.79 Å². The first-order valence-electron chi connectivity index (χ1n) is 2.97. The number of aliphatic hydroxyl groups is 1. The van der Waals surface area contributed by atoms with E-state index in [1.165, 1.54) is 0 Å². The number of hydrogen-bond acceptors (Lipinski definition) is 2. The van der Waals surface area contributed by atoms with Gasteiger partial charge in [-0.1, -0.05) is 6.08 Å². The third-order valence-electron chi connectivity index (χ3n) is 1.20. The SMILES string of the molecule is C/C(=C\CC=O)C(C)O. The Morgan fingerprint density at radius 3 is 2.67 bits per heavy atom. The minimum atomic E-state index is -0.426. The Kier molecular flexibility index (Phi) is 3.97. The molecule has 2 nitrogen and oxygen atoms in total. The molecule has 0 aromatic heterocycles.